The van der Waals surface area contributed by atoms with E-state index in [0.29, 0.717) is 0 Å². The Kier molecular flexibility index (Phi) is 9.86. The molecule has 0 N–H and O–H groups in total. The lowest BCUT2D eigenvalue weighted by molar-refractivity contribution is -0.766. The van der Waals surface area contributed by atoms with Gasteiger partial charge in [0, 0.05) is 49.6 Å². The van der Waals surface area contributed by atoms with E-state index in [1.807, 2.05) is 0 Å². The number of pyridine rings is 2. The van der Waals surface area contributed by atoms with Crippen LogP contribution in [0.2, 0.25) is 0 Å². The molecule has 2 atom stereocenters. The maximum absolute atomic E-state index is 2.67. The largest absolute Gasteiger partial charge is 0.213 e. The van der Waals surface area contributed by atoms with E-state index in [9.17, 15) is 0 Å². The average Bonchev–Trinajstić information content (AvgIpc) is 3.28. The zero-order valence-electron chi connectivity index (χ0n) is 35.4. The first kappa shape index (κ1) is 38.2. The lowest BCUT2D eigenvalue weighted by Crippen LogP contribution is -2.68. The predicted molar refractivity (Wildman–Crippen MR) is 228 cm³/mol. The SMILES string of the molecule is CCCCc1cc[n+]2c(c1)-c1ccccc1C(CC)(CCC[n+]1ccc(-c3ccccc3)cc1-c1cc3c(cc1C)C(C)(C)C(C)(C)C3(C)C)C2(C)CC. The van der Waals surface area contributed by atoms with Crippen LogP contribution in [-0.4, -0.2) is 0 Å². The average molecular weight is 719 g/mol. The molecule has 3 aromatic carbocycles. The number of rotatable bonds is 11. The summed E-state index contributed by atoms with van der Waals surface area (Å²) in [6.45, 7) is 27.8. The predicted octanol–water partition coefficient (Wildman–Crippen LogP) is 12.8. The summed E-state index contributed by atoms with van der Waals surface area (Å²) < 4.78 is 5.24. The first-order valence-corrected chi connectivity index (χ1v) is 21.1. The molecule has 0 radical (unpaired) electrons. The van der Waals surface area contributed by atoms with E-state index in [4.69, 9.17) is 0 Å². The number of nitrogens with zero attached hydrogens (tertiary/aromatic N) is 2. The second-order valence-electron chi connectivity index (χ2n) is 18.6. The summed E-state index contributed by atoms with van der Waals surface area (Å²) in [7, 11) is 0. The number of fused-ring (bicyclic) bond motifs is 4. The Labute approximate surface area is 327 Å². The van der Waals surface area contributed by atoms with Gasteiger partial charge >= 0.3 is 0 Å². The van der Waals surface area contributed by atoms with Crippen molar-refractivity contribution >= 4 is 0 Å². The molecule has 2 aliphatic rings. The van der Waals surface area contributed by atoms with Gasteiger partial charge < -0.3 is 0 Å². The van der Waals surface area contributed by atoms with E-state index < -0.39 is 0 Å². The van der Waals surface area contributed by atoms with E-state index in [-0.39, 0.29) is 27.2 Å². The van der Waals surface area contributed by atoms with Crippen LogP contribution in [0.4, 0.5) is 0 Å². The minimum atomic E-state index is -0.0405. The smallest absolute Gasteiger partial charge is 0.198 e. The van der Waals surface area contributed by atoms with Gasteiger partial charge in [-0.2, -0.15) is 9.13 Å². The highest BCUT2D eigenvalue weighted by atomic mass is 15.1. The number of aromatic nitrogens is 2. The van der Waals surface area contributed by atoms with Crippen LogP contribution in [0.15, 0.2) is 103 Å². The molecule has 5 aromatic rings. The van der Waals surface area contributed by atoms with Crippen molar-refractivity contribution in [1.29, 1.82) is 0 Å². The molecule has 2 unspecified atom stereocenters. The number of hydrogen-bond donors (Lipinski definition) is 0. The summed E-state index contributed by atoms with van der Waals surface area (Å²) >= 11 is 0. The molecule has 2 nitrogen and oxygen atoms in total. The molecular weight excluding hydrogens is 653 g/mol. The van der Waals surface area contributed by atoms with E-state index in [1.165, 1.54) is 74.3 Å². The third-order valence-electron chi connectivity index (χ3n) is 15.7. The van der Waals surface area contributed by atoms with Gasteiger partial charge in [0.15, 0.2) is 17.9 Å². The van der Waals surface area contributed by atoms with Crippen molar-refractivity contribution in [2.75, 3.05) is 0 Å². The maximum atomic E-state index is 2.67. The summed E-state index contributed by atoms with van der Waals surface area (Å²) in [6, 6.07) is 35.1. The second-order valence-corrected chi connectivity index (χ2v) is 18.6. The van der Waals surface area contributed by atoms with Crippen molar-refractivity contribution in [3.8, 4) is 33.6 Å². The highest BCUT2D eigenvalue weighted by molar-refractivity contribution is 5.72. The van der Waals surface area contributed by atoms with E-state index >= 15 is 0 Å². The monoisotopic (exact) mass is 719 g/mol. The molecular formula is C52H66N2+2. The van der Waals surface area contributed by atoms with Crippen molar-refractivity contribution in [3.05, 3.63) is 131 Å². The molecule has 2 heteroatoms. The molecule has 0 saturated carbocycles. The number of unbranched alkanes of at least 4 members (excludes halogenated alkanes) is 1. The minimum absolute atomic E-state index is 0.0102. The van der Waals surface area contributed by atoms with Crippen LogP contribution in [0, 0.1) is 12.3 Å². The first-order valence-electron chi connectivity index (χ1n) is 21.1. The normalized spacial score (nSPS) is 21.7. The molecule has 1 aliphatic heterocycles. The fourth-order valence-electron chi connectivity index (χ4n) is 10.8. The summed E-state index contributed by atoms with van der Waals surface area (Å²) in [5.74, 6) is 0. The fourth-order valence-corrected chi connectivity index (χ4v) is 10.8. The van der Waals surface area contributed by atoms with E-state index in [2.05, 4.69) is 189 Å². The Morgan fingerprint density at radius 3 is 1.94 bits per heavy atom. The molecule has 0 bridgehead atoms. The molecule has 0 spiro atoms. The molecule has 54 heavy (non-hydrogen) atoms. The summed E-state index contributed by atoms with van der Waals surface area (Å²) in [6.07, 6.45) is 12.8. The first-order chi connectivity index (χ1) is 25.7. The number of hydrogen-bond acceptors (Lipinski definition) is 0. The summed E-state index contributed by atoms with van der Waals surface area (Å²) in [5, 5.41) is 0. The van der Waals surface area contributed by atoms with E-state index in [0.717, 1.165) is 38.6 Å². The van der Waals surface area contributed by atoms with Crippen molar-refractivity contribution < 1.29 is 9.13 Å². The third kappa shape index (κ3) is 5.64. The zero-order chi connectivity index (χ0) is 38.7. The van der Waals surface area contributed by atoms with Gasteiger partial charge in [-0.1, -0.05) is 123 Å². The highest BCUT2D eigenvalue weighted by Gasteiger charge is 2.59. The Morgan fingerprint density at radius 1 is 0.574 bits per heavy atom. The van der Waals surface area contributed by atoms with Gasteiger partial charge in [-0.25, -0.2) is 0 Å². The fraction of sp³-hybridized carbons (Fsp3) is 0.462. The quantitative estimate of drug-likeness (QED) is 0.120. The topological polar surface area (TPSA) is 7.76 Å². The third-order valence-corrected chi connectivity index (χ3v) is 15.7. The number of benzene rings is 3. The zero-order valence-corrected chi connectivity index (χ0v) is 35.4. The van der Waals surface area contributed by atoms with Crippen molar-refractivity contribution in [2.45, 2.75) is 149 Å². The second kappa shape index (κ2) is 13.9. The van der Waals surface area contributed by atoms with Crippen molar-refractivity contribution in [2.24, 2.45) is 5.41 Å². The molecule has 0 saturated heterocycles. The van der Waals surface area contributed by atoms with Gasteiger partial charge in [0.1, 0.15) is 6.54 Å². The Bertz CT molecular complexity index is 2170. The maximum Gasteiger partial charge on any atom is 0.213 e. The van der Waals surface area contributed by atoms with Crippen LogP contribution in [0.25, 0.3) is 33.6 Å². The molecule has 282 valence electrons. The lowest BCUT2D eigenvalue weighted by atomic mass is 9.57. The summed E-state index contributed by atoms with van der Waals surface area (Å²) in [4.78, 5) is 0. The minimum Gasteiger partial charge on any atom is -0.198 e. The van der Waals surface area contributed by atoms with Crippen LogP contribution in [-0.2, 0) is 34.7 Å². The van der Waals surface area contributed by atoms with Gasteiger partial charge in [0.05, 0.1) is 11.0 Å². The van der Waals surface area contributed by atoms with Crippen LogP contribution >= 0.6 is 0 Å². The molecule has 0 amide bonds. The summed E-state index contributed by atoms with van der Waals surface area (Å²) in [5.41, 5.74) is 15.7. The Hall–Kier alpha value is -4.04. The van der Waals surface area contributed by atoms with Crippen LogP contribution in [0.1, 0.15) is 136 Å². The highest BCUT2D eigenvalue weighted by Crippen LogP contribution is 2.62. The van der Waals surface area contributed by atoms with Crippen LogP contribution in [0.5, 0.6) is 0 Å². The van der Waals surface area contributed by atoms with Crippen molar-refractivity contribution in [1.82, 2.24) is 0 Å². The van der Waals surface area contributed by atoms with Gasteiger partial charge in [-0.3, -0.25) is 0 Å². The van der Waals surface area contributed by atoms with E-state index in [1.54, 1.807) is 0 Å². The molecule has 2 aromatic heterocycles. The molecule has 1 aliphatic carbocycles. The Morgan fingerprint density at radius 2 is 1.26 bits per heavy atom. The van der Waals surface area contributed by atoms with Crippen LogP contribution in [0.3, 0.4) is 0 Å². The lowest BCUT2D eigenvalue weighted by Gasteiger charge is -2.48. The van der Waals surface area contributed by atoms with Gasteiger partial charge in [0.2, 0.25) is 11.4 Å². The van der Waals surface area contributed by atoms with Crippen molar-refractivity contribution in [3.63, 3.8) is 0 Å². The Balaban J connectivity index is 1.31. The van der Waals surface area contributed by atoms with Gasteiger partial charge in [-0.15, -0.1) is 0 Å². The standard InChI is InChI=1S/C52H66N2/c1-12-15-22-38-27-32-54-47(34-38)41-25-19-20-26-43(41)52(14-3,51(54,11)13-2)29-21-30-53-31-28-40(39-23-17-16-18-24-39)35-46(53)42-36-45-44(33-37(42)4)48(5,6)50(9,10)49(45,7)8/h16-20,23-28,31-36H,12-15,21-22,29-30H2,1-11H3/q+2. The molecule has 0 fully saturated rings. The van der Waals surface area contributed by atoms with Gasteiger partial charge in [-0.05, 0) is 99.9 Å². The molecule has 3 heterocycles. The van der Waals surface area contributed by atoms with Gasteiger partial charge in [0.25, 0.3) is 0 Å². The van der Waals surface area contributed by atoms with Crippen LogP contribution < -0.4 is 9.13 Å². The number of aryl methyl sites for hydroxylation is 3. The molecule has 7 rings (SSSR count).